The molecule has 0 saturated carbocycles. The van der Waals surface area contributed by atoms with Crippen molar-refractivity contribution in [3.63, 3.8) is 0 Å². The normalized spacial score (nSPS) is 10.8. The molecule has 164 valence electrons. The van der Waals surface area contributed by atoms with Gasteiger partial charge in [-0.3, -0.25) is 9.59 Å². The molecule has 0 fully saturated rings. The Kier molecular flexibility index (Phi) is 9.69. The molecule has 0 aliphatic carbocycles. The number of anilines is 1. The SMILES string of the molecule is CCOc1ccccc1NC(=O)CSc1ncc(CO)n1CC(=O)NCCC(C)C. The van der Waals surface area contributed by atoms with Crippen molar-refractivity contribution in [2.45, 2.75) is 45.5 Å². The summed E-state index contributed by atoms with van der Waals surface area (Å²) < 4.78 is 7.15. The van der Waals surface area contributed by atoms with E-state index < -0.39 is 0 Å². The Morgan fingerprint density at radius 2 is 2.03 bits per heavy atom. The Labute approximate surface area is 181 Å². The van der Waals surface area contributed by atoms with Gasteiger partial charge in [0.25, 0.3) is 0 Å². The molecule has 1 heterocycles. The van der Waals surface area contributed by atoms with Gasteiger partial charge >= 0.3 is 0 Å². The molecule has 0 unspecified atom stereocenters. The summed E-state index contributed by atoms with van der Waals surface area (Å²) in [7, 11) is 0. The van der Waals surface area contributed by atoms with Crippen LogP contribution in [-0.2, 0) is 22.7 Å². The third-order valence-electron chi connectivity index (χ3n) is 4.20. The van der Waals surface area contributed by atoms with Crippen LogP contribution >= 0.6 is 11.8 Å². The number of nitrogens with one attached hydrogen (secondary N) is 2. The smallest absolute Gasteiger partial charge is 0.240 e. The minimum atomic E-state index is -0.235. The number of benzene rings is 1. The monoisotopic (exact) mass is 434 g/mol. The van der Waals surface area contributed by atoms with E-state index in [1.165, 1.54) is 18.0 Å². The van der Waals surface area contributed by atoms with Crippen LogP contribution in [0.4, 0.5) is 5.69 Å². The molecule has 9 heteroatoms. The molecule has 0 atom stereocenters. The molecule has 0 aliphatic rings. The number of aromatic nitrogens is 2. The summed E-state index contributed by atoms with van der Waals surface area (Å²) in [5.74, 6) is 0.857. The number of ether oxygens (including phenoxy) is 1. The van der Waals surface area contributed by atoms with Crippen molar-refractivity contribution < 1.29 is 19.4 Å². The van der Waals surface area contributed by atoms with Crippen molar-refractivity contribution in [1.82, 2.24) is 14.9 Å². The van der Waals surface area contributed by atoms with E-state index in [2.05, 4.69) is 29.5 Å². The van der Waals surface area contributed by atoms with Gasteiger partial charge in [0.2, 0.25) is 11.8 Å². The number of para-hydroxylation sites is 2. The second-order valence-electron chi connectivity index (χ2n) is 7.07. The standard InChI is InChI=1S/C21H30N4O4S/c1-4-29-18-8-6-5-7-17(18)24-20(28)14-30-21-23-11-16(13-26)25(21)12-19(27)22-10-9-15(2)3/h5-8,11,15,26H,4,9-10,12-14H2,1-3H3,(H,22,27)(H,24,28). The third-order valence-corrected chi connectivity index (χ3v) is 5.19. The first-order valence-electron chi connectivity index (χ1n) is 10.0. The second-order valence-corrected chi connectivity index (χ2v) is 8.02. The number of nitrogens with zero attached hydrogens (tertiary/aromatic N) is 2. The van der Waals surface area contributed by atoms with Crippen LogP contribution in [0.5, 0.6) is 5.75 Å². The first-order chi connectivity index (χ1) is 14.4. The Morgan fingerprint density at radius 1 is 1.27 bits per heavy atom. The van der Waals surface area contributed by atoms with Crippen molar-refractivity contribution in [2.24, 2.45) is 5.92 Å². The van der Waals surface area contributed by atoms with Gasteiger partial charge in [0.1, 0.15) is 12.3 Å². The topological polar surface area (TPSA) is 105 Å². The van der Waals surface area contributed by atoms with Gasteiger partial charge in [-0.2, -0.15) is 0 Å². The molecule has 0 saturated heterocycles. The highest BCUT2D eigenvalue weighted by atomic mass is 32.2. The van der Waals surface area contributed by atoms with Crippen molar-refractivity contribution in [3.8, 4) is 5.75 Å². The summed E-state index contributed by atoms with van der Waals surface area (Å²) in [6, 6.07) is 7.24. The van der Waals surface area contributed by atoms with E-state index in [1.54, 1.807) is 16.7 Å². The molecule has 1 aromatic carbocycles. The fraction of sp³-hybridized carbons (Fsp3) is 0.476. The largest absolute Gasteiger partial charge is 0.492 e. The quantitative estimate of drug-likeness (QED) is 0.444. The van der Waals surface area contributed by atoms with Gasteiger partial charge in [-0.25, -0.2) is 4.98 Å². The zero-order valence-electron chi connectivity index (χ0n) is 17.7. The second kappa shape index (κ2) is 12.2. The van der Waals surface area contributed by atoms with Gasteiger partial charge in [0, 0.05) is 6.54 Å². The predicted molar refractivity (Wildman–Crippen MR) is 118 cm³/mol. The summed E-state index contributed by atoms with van der Waals surface area (Å²) in [5.41, 5.74) is 1.13. The van der Waals surface area contributed by atoms with E-state index in [-0.39, 0.29) is 30.7 Å². The van der Waals surface area contributed by atoms with Gasteiger partial charge in [-0.05, 0) is 31.4 Å². The molecule has 2 aromatic rings. The van der Waals surface area contributed by atoms with Gasteiger partial charge < -0.3 is 25.0 Å². The fourth-order valence-corrected chi connectivity index (χ4v) is 3.47. The summed E-state index contributed by atoms with van der Waals surface area (Å²) in [5, 5.41) is 15.8. The number of aliphatic hydroxyl groups is 1. The Hall–Kier alpha value is -2.52. The molecule has 0 aliphatic heterocycles. The molecular weight excluding hydrogens is 404 g/mol. The molecule has 0 radical (unpaired) electrons. The van der Waals surface area contributed by atoms with Gasteiger partial charge in [0.05, 0.1) is 36.5 Å². The average Bonchev–Trinajstić information content (AvgIpc) is 3.09. The van der Waals surface area contributed by atoms with Crippen LogP contribution < -0.4 is 15.4 Å². The van der Waals surface area contributed by atoms with Gasteiger partial charge in [-0.1, -0.05) is 37.7 Å². The molecule has 1 aromatic heterocycles. The first-order valence-corrected chi connectivity index (χ1v) is 11.0. The minimum Gasteiger partial charge on any atom is -0.492 e. The molecule has 0 spiro atoms. The van der Waals surface area contributed by atoms with Crippen LogP contribution in [0, 0.1) is 5.92 Å². The highest BCUT2D eigenvalue weighted by Crippen LogP contribution is 2.25. The number of amides is 2. The van der Waals surface area contributed by atoms with Crippen LogP contribution in [0.2, 0.25) is 0 Å². The van der Waals surface area contributed by atoms with Crippen molar-refractivity contribution >= 4 is 29.3 Å². The lowest BCUT2D eigenvalue weighted by Crippen LogP contribution is -2.30. The zero-order chi connectivity index (χ0) is 21.9. The Balaban J connectivity index is 1.96. The van der Waals surface area contributed by atoms with E-state index >= 15 is 0 Å². The molecular formula is C21H30N4O4S. The maximum absolute atomic E-state index is 12.4. The summed E-state index contributed by atoms with van der Waals surface area (Å²) in [6.07, 6.45) is 2.42. The van der Waals surface area contributed by atoms with Crippen LogP contribution in [0.1, 0.15) is 32.9 Å². The fourth-order valence-electron chi connectivity index (χ4n) is 2.67. The molecule has 2 rings (SSSR count). The first kappa shape index (κ1) is 23.8. The molecule has 0 bridgehead atoms. The number of imidazole rings is 1. The number of aliphatic hydroxyl groups excluding tert-OH is 1. The lowest BCUT2D eigenvalue weighted by Gasteiger charge is -2.13. The lowest BCUT2D eigenvalue weighted by molar-refractivity contribution is -0.121. The Morgan fingerprint density at radius 3 is 2.73 bits per heavy atom. The number of thioether (sulfide) groups is 1. The maximum atomic E-state index is 12.4. The van der Waals surface area contributed by atoms with Crippen LogP contribution in [0.15, 0.2) is 35.6 Å². The van der Waals surface area contributed by atoms with Crippen LogP contribution in [-0.4, -0.2) is 45.4 Å². The predicted octanol–water partition coefficient (Wildman–Crippen LogP) is 2.67. The minimum absolute atomic E-state index is 0.0467. The summed E-state index contributed by atoms with van der Waals surface area (Å²) in [4.78, 5) is 28.9. The van der Waals surface area contributed by atoms with Crippen molar-refractivity contribution in [3.05, 3.63) is 36.2 Å². The van der Waals surface area contributed by atoms with E-state index in [1.807, 2.05) is 19.1 Å². The molecule has 3 N–H and O–H groups in total. The van der Waals surface area contributed by atoms with Gasteiger partial charge in [0.15, 0.2) is 5.16 Å². The molecule has 8 nitrogen and oxygen atoms in total. The Bertz CT molecular complexity index is 838. The van der Waals surface area contributed by atoms with Gasteiger partial charge in [-0.15, -0.1) is 0 Å². The molecule has 2 amide bonds. The number of carbonyl (C=O) groups is 2. The van der Waals surface area contributed by atoms with Crippen molar-refractivity contribution in [1.29, 1.82) is 0 Å². The summed E-state index contributed by atoms with van der Waals surface area (Å²) in [6.45, 7) is 6.99. The maximum Gasteiger partial charge on any atom is 0.240 e. The highest BCUT2D eigenvalue weighted by Gasteiger charge is 2.15. The number of hydrogen-bond acceptors (Lipinski definition) is 6. The number of rotatable bonds is 12. The van der Waals surface area contributed by atoms with E-state index in [9.17, 15) is 14.7 Å². The number of hydrogen-bond donors (Lipinski definition) is 3. The lowest BCUT2D eigenvalue weighted by atomic mass is 10.1. The van der Waals surface area contributed by atoms with E-state index in [4.69, 9.17) is 4.74 Å². The van der Waals surface area contributed by atoms with E-state index in [0.717, 1.165) is 6.42 Å². The molecule has 30 heavy (non-hydrogen) atoms. The zero-order valence-corrected chi connectivity index (χ0v) is 18.5. The number of carbonyl (C=O) groups excluding carboxylic acids is 2. The highest BCUT2D eigenvalue weighted by molar-refractivity contribution is 7.99. The third kappa shape index (κ3) is 7.38. The van der Waals surface area contributed by atoms with Crippen molar-refractivity contribution in [2.75, 3.05) is 24.2 Å². The average molecular weight is 435 g/mol. The summed E-state index contributed by atoms with van der Waals surface area (Å²) >= 11 is 1.21. The van der Waals surface area contributed by atoms with Crippen LogP contribution in [0.25, 0.3) is 0 Å². The van der Waals surface area contributed by atoms with Crippen LogP contribution in [0.3, 0.4) is 0 Å². The van der Waals surface area contributed by atoms with E-state index in [0.29, 0.717) is 41.4 Å².